The van der Waals surface area contributed by atoms with E-state index >= 15 is 0 Å². The lowest BCUT2D eigenvalue weighted by molar-refractivity contribution is 0.147. The van der Waals surface area contributed by atoms with E-state index in [2.05, 4.69) is 6.92 Å². The number of hydrogen-bond acceptors (Lipinski definition) is 2. The third kappa shape index (κ3) is 22.0. The van der Waals surface area contributed by atoms with E-state index in [-0.39, 0.29) is 6.10 Å². The SMILES string of the molecule is CCCCCCCCCCC(O)CCCCCCCCCCCCCO. The number of hydrogen-bond donors (Lipinski definition) is 2. The molecule has 0 saturated heterocycles. The second kappa shape index (κ2) is 23.0. The minimum atomic E-state index is -0.0472. The maximum Gasteiger partial charge on any atom is 0.0540 e. The molecule has 0 rings (SSSR count). The summed E-state index contributed by atoms with van der Waals surface area (Å²) in [6.07, 6.45) is 26.9. The van der Waals surface area contributed by atoms with E-state index < -0.39 is 0 Å². The van der Waals surface area contributed by atoms with Gasteiger partial charge in [-0.15, -0.1) is 0 Å². The van der Waals surface area contributed by atoms with Gasteiger partial charge in [0.15, 0.2) is 0 Å². The Bertz CT molecular complexity index is 242. The molecule has 2 nitrogen and oxygen atoms in total. The van der Waals surface area contributed by atoms with Crippen molar-refractivity contribution in [1.82, 2.24) is 0 Å². The summed E-state index contributed by atoms with van der Waals surface area (Å²) in [5.74, 6) is 0. The summed E-state index contributed by atoms with van der Waals surface area (Å²) in [5, 5.41) is 18.8. The van der Waals surface area contributed by atoms with Crippen molar-refractivity contribution in [3.63, 3.8) is 0 Å². The van der Waals surface area contributed by atoms with Crippen LogP contribution in [-0.4, -0.2) is 22.9 Å². The van der Waals surface area contributed by atoms with Crippen LogP contribution in [-0.2, 0) is 0 Å². The topological polar surface area (TPSA) is 40.5 Å². The van der Waals surface area contributed by atoms with E-state index in [1.54, 1.807) is 0 Å². The smallest absolute Gasteiger partial charge is 0.0540 e. The van der Waals surface area contributed by atoms with Crippen LogP contribution < -0.4 is 0 Å². The first-order chi connectivity index (χ1) is 12.8. The molecule has 0 bridgehead atoms. The van der Waals surface area contributed by atoms with Crippen molar-refractivity contribution in [2.75, 3.05) is 6.61 Å². The summed E-state index contributed by atoms with van der Waals surface area (Å²) in [7, 11) is 0. The van der Waals surface area contributed by atoms with E-state index in [1.807, 2.05) is 0 Å². The number of aliphatic hydroxyl groups is 2. The van der Waals surface area contributed by atoms with E-state index in [0.29, 0.717) is 6.61 Å². The van der Waals surface area contributed by atoms with Crippen molar-refractivity contribution < 1.29 is 10.2 Å². The highest BCUT2D eigenvalue weighted by Crippen LogP contribution is 2.15. The molecule has 0 aliphatic rings. The molecular formula is C24H50O2. The van der Waals surface area contributed by atoms with Gasteiger partial charge in [0.1, 0.15) is 0 Å². The first-order valence-corrected chi connectivity index (χ1v) is 12.1. The van der Waals surface area contributed by atoms with Crippen molar-refractivity contribution in [2.45, 2.75) is 148 Å². The third-order valence-electron chi connectivity index (χ3n) is 5.59. The molecule has 158 valence electrons. The highest BCUT2D eigenvalue weighted by molar-refractivity contribution is 4.58. The average Bonchev–Trinajstić information content (AvgIpc) is 2.65. The molecule has 0 aromatic carbocycles. The zero-order valence-electron chi connectivity index (χ0n) is 18.0. The van der Waals surface area contributed by atoms with Gasteiger partial charge < -0.3 is 10.2 Å². The molecule has 0 aliphatic carbocycles. The van der Waals surface area contributed by atoms with Crippen LogP contribution in [0.15, 0.2) is 0 Å². The Kier molecular flexibility index (Phi) is 22.9. The fraction of sp³-hybridized carbons (Fsp3) is 1.00. The van der Waals surface area contributed by atoms with Crippen molar-refractivity contribution in [3.05, 3.63) is 0 Å². The molecule has 0 aliphatic heterocycles. The molecule has 0 saturated carbocycles. The van der Waals surface area contributed by atoms with Crippen LogP contribution in [0.3, 0.4) is 0 Å². The Balaban J connectivity index is 3.11. The van der Waals surface area contributed by atoms with Crippen molar-refractivity contribution >= 4 is 0 Å². The summed E-state index contributed by atoms with van der Waals surface area (Å²) in [6, 6.07) is 0. The third-order valence-corrected chi connectivity index (χ3v) is 5.59. The minimum Gasteiger partial charge on any atom is -0.396 e. The summed E-state index contributed by atoms with van der Waals surface area (Å²) >= 11 is 0. The van der Waals surface area contributed by atoms with E-state index in [1.165, 1.54) is 116 Å². The van der Waals surface area contributed by atoms with E-state index in [9.17, 15) is 5.11 Å². The second-order valence-corrected chi connectivity index (χ2v) is 8.32. The van der Waals surface area contributed by atoms with Crippen LogP contribution in [0.1, 0.15) is 142 Å². The van der Waals surface area contributed by atoms with Gasteiger partial charge in [0.2, 0.25) is 0 Å². The molecule has 2 N–H and O–H groups in total. The summed E-state index contributed by atoms with van der Waals surface area (Å²) in [6.45, 7) is 2.62. The number of unbranched alkanes of at least 4 members (excludes halogenated alkanes) is 17. The highest BCUT2D eigenvalue weighted by atomic mass is 16.3. The monoisotopic (exact) mass is 370 g/mol. The molecule has 26 heavy (non-hydrogen) atoms. The van der Waals surface area contributed by atoms with Gasteiger partial charge in [-0.1, -0.05) is 122 Å². The predicted octanol–water partition coefficient (Wildman–Crippen LogP) is 7.55. The van der Waals surface area contributed by atoms with Gasteiger partial charge in [0.25, 0.3) is 0 Å². The fourth-order valence-corrected chi connectivity index (χ4v) is 3.74. The second-order valence-electron chi connectivity index (χ2n) is 8.32. The summed E-state index contributed by atoms with van der Waals surface area (Å²) < 4.78 is 0. The van der Waals surface area contributed by atoms with Crippen LogP contribution in [0.25, 0.3) is 0 Å². The normalized spacial score (nSPS) is 12.6. The Hall–Kier alpha value is -0.0800. The first-order valence-electron chi connectivity index (χ1n) is 12.1. The number of aliphatic hydroxyl groups excluding tert-OH is 2. The van der Waals surface area contributed by atoms with Gasteiger partial charge in [-0.25, -0.2) is 0 Å². The molecule has 0 amide bonds. The molecule has 0 radical (unpaired) electrons. The quantitative estimate of drug-likeness (QED) is 0.193. The lowest BCUT2D eigenvalue weighted by Gasteiger charge is -2.10. The Morgan fingerprint density at radius 1 is 0.462 bits per heavy atom. The van der Waals surface area contributed by atoms with Gasteiger partial charge >= 0.3 is 0 Å². The molecule has 0 fully saturated rings. The van der Waals surface area contributed by atoms with E-state index in [0.717, 1.165) is 19.3 Å². The molecule has 0 aromatic rings. The molecule has 1 unspecified atom stereocenters. The zero-order valence-corrected chi connectivity index (χ0v) is 18.0. The number of rotatable bonds is 22. The first kappa shape index (κ1) is 25.9. The highest BCUT2D eigenvalue weighted by Gasteiger charge is 2.03. The van der Waals surface area contributed by atoms with Gasteiger partial charge in [-0.05, 0) is 19.3 Å². The van der Waals surface area contributed by atoms with Gasteiger partial charge in [-0.2, -0.15) is 0 Å². The average molecular weight is 371 g/mol. The molecular weight excluding hydrogens is 320 g/mol. The lowest BCUT2D eigenvalue weighted by atomic mass is 10.0. The van der Waals surface area contributed by atoms with Crippen LogP contribution in [0, 0.1) is 0 Å². The Morgan fingerprint density at radius 2 is 0.769 bits per heavy atom. The molecule has 0 aromatic heterocycles. The fourth-order valence-electron chi connectivity index (χ4n) is 3.74. The Labute approximate surface area is 165 Å². The summed E-state index contributed by atoms with van der Waals surface area (Å²) in [4.78, 5) is 0. The molecule has 0 heterocycles. The van der Waals surface area contributed by atoms with Gasteiger partial charge in [0.05, 0.1) is 6.10 Å². The predicted molar refractivity (Wildman–Crippen MR) is 116 cm³/mol. The van der Waals surface area contributed by atoms with Crippen LogP contribution in [0.4, 0.5) is 0 Å². The van der Waals surface area contributed by atoms with Crippen molar-refractivity contribution in [2.24, 2.45) is 0 Å². The largest absolute Gasteiger partial charge is 0.396 e. The zero-order chi connectivity index (χ0) is 19.1. The van der Waals surface area contributed by atoms with Crippen LogP contribution in [0.2, 0.25) is 0 Å². The minimum absolute atomic E-state index is 0.0472. The van der Waals surface area contributed by atoms with E-state index in [4.69, 9.17) is 5.11 Å². The van der Waals surface area contributed by atoms with Crippen LogP contribution >= 0.6 is 0 Å². The van der Waals surface area contributed by atoms with Gasteiger partial charge in [0, 0.05) is 6.61 Å². The lowest BCUT2D eigenvalue weighted by Crippen LogP contribution is -2.05. The molecule has 1 atom stereocenters. The van der Waals surface area contributed by atoms with Gasteiger partial charge in [-0.3, -0.25) is 0 Å². The Morgan fingerprint density at radius 3 is 1.12 bits per heavy atom. The van der Waals surface area contributed by atoms with Crippen LogP contribution in [0.5, 0.6) is 0 Å². The standard InChI is InChI=1S/C24H50O2/c1-2-3-4-5-6-12-15-18-21-24(26)22-19-16-13-10-8-7-9-11-14-17-20-23-25/h24-26H,2-23H2,1H3. The van der Waals surface area contributed by atoms with Crippen molar-refractivity contribution in [1.29, 1.82) is 0 Å². The van der Waals surface area contributed by atoms with Crippen molar-refractivity contribution in [3.8, 4) is 0 Å². The molecule has 0 spiro atoms. The summed E-state index contributed by atoms with van der Waals surface area (Å²) in [5.41, 5.74) is 0. The maximum absolute atomic E-state index is 10.1. The maximum atomic E-state index is 10.1. The molecule has 2 heteroatoms.